The molecule has 16 heavy (non-hydrogen) atoms. The summed E-state index contributed by atoms with van der Waals surface area (Å²) >= 11 is 11.8. The van der Waals surface area contributed by atoms with E-state index in [2.05, 4.69) is 0 Å². The molecule has 0 fully saturated rings. The Morgan fingerprint density at radius 1 is 1.44 bits per heavy atom. The molecule has 0 aromatic heterocycles. The summed E-state index contributed by atoms with van der Waals surface area (Å²) in [4.78, 5) is 11.2. The number of benzene rings is 1. The molecule has 0 aliphatic carbocycles. The van der Waals surface area contributed by atoms with Crippen LogP contribution in [0.1, 0.15) is 25.0 Å². The van der Waals surface area contributed by atoms with Gasteiger partial charge in [-0.2, -0.15) is 0 Å². The second-order valence-electron chi connectivity index (χ2n) is 3.16. The van der Waals surface area contributed by atoms with Crippen LogP contribution in [0.5, 0.6) is 0 Å². The van der Waals surface area contributed by atoms with Crippen LogP contribution >= 0.6 is 23.2 Å². The maximum absolute atomic E-state index is 11.2. The van der Waals surface area contributed by atoms with Crippen LogP contribution in [-0.4, -0.2) is 17.7 Å². The van der Waals surface area contributed by atoms with Crippen molar-refractivity contribution in [3.05, 3.63) is 33.8 Å². The lowest BCUT2D eigenvalue weighted by Crippen LogP contribution is -2.10. The van der Waals surface area contributed by atoms with Crippen LogP contribution in [0.15, 0.2) is 18.2 Å². The van der Waals surface area contributed by atoms with Gasteiger partial charge in [-0.3, -0.25) is 4.79 Å². The summed E-state index contributed by atoms with van der Waals surface area (Å²) < 4.78 is 4.73. The topological polar surface area (TPSA) is 46.5 Å². The van der Waals surface area contributed by atoms with Gasteiger partial charge in [0.05, 0.1) is 19.1 Å². The minimum atomic E-state index is -1.04. The first-order chi connectivity index (χ1) is 7.56. The van der Waals surface area contributed by atoms with E-state index in [1.807, 2.05) is 0 Å². The van der Waals surface area contributed by atoms with Gasteiger partial charge in [-0.25, -0.2) is 0 Å². The number of halogens is 2. The van der Waals surface area contributed by atoms with Crippen molar-refractivity contribution in [2.24, 2.45) is 0 Å². The van der Waals surface area contributed by atoms with Crippen molar-refractivity contribution in [1.29, 1.82) is 0 Å². The van der Waals surface area contributed by atoms with E-state index in [4.69, 9.17) is 27.9 Å². The third kappa shape index (κ3) is 3.37. The molecule has 0 amide bonds. The zero-order chi connectivity index (χ0) is 12.1. The van der Waals surface area contributed by atoms with E-state index in [1.165, 1.54) is 0 Å². The number of carbonyl (C=O) groups is 1. The standard InChI is InChI=1S/C11H12Cl2O3/c1-2-16-10(15)6-9(14)11-7(12)4-3-5-8(11)13/h3-5,9,14H,2,6H2,1H3. The normalized spacial score (nSPS) is 12.2. The molecule has 5 heteroatoms. The third-order valence-corrected chi connectivity index (χ3v) is 2.66. The monoisotopic (exact) mass is 262 g/mol. The number of rotatable bonds is 4. The molecule has 1 N–H and O–H groups in total. The minimum Gasteiger partial charge on any atom is -0.466 e. The van der Waals surface area contributed by atoms with Gasteiger partial charge in [-0.05, 0) is 19.1 Å². The van der Waals surface area contributed by atoms with Crippen LogP contribution in [0.25, 0.3) is 0 Å². The third-order valence-electron chi connectivity index (χ3n) is 2.00. The fraction of sp³-hybridized carbons (Fsp3) is 0.364. The highest BCUT2D eigenvalue weighted by Gasteiger charge is 2.19. The lowest BCUT2D eigenvalue weighted by atomic mass is 10.1. The molecule has 0 radical (unpaired) electrons. The van der Waals surface area contributed by atoms with E-state index in [0.29, 0.717) is 15.6 Å². The van der Waals surface area contributed by atoms with Gasteiger partial charge >= 0.3 is 5.97 Å². The second-order valence-corrected chi connectivity index (χ2v) is 3.97. The molecular weight excluding hydrogens is 251 g/mol. The molecule has 1 rings (SSSR count). The number of carbonyl (C=O) groups excluding carboxylic acids is 1. The van der Waals surface area contributed by atoms with Gasteiger partial charge in [-0.1, -0.05) is 29.3 Å². The zero-order valence-electron chi connectivity index (χ0n) is 8.74. The molecule has 1 atom stereocenters. The summed E-state index contributed by atoms with van der Waals surface area (Å²) in [5.41, 5.74) is 0.360. The number of aliphatic hydroxyl groups is 1. The summed E-state index contributed by atoms with van der Waals surface area (Å²) in [6.07, 6.45) is -1.20. The maximum atomic E-state index is 11.2. The van der Waals surface area contributed by atoms with E-state index in [9.17, 15) is 9.90 Å². The molecule has 0 saturated carbocycles. The number of hydrogen-bond acceptors (Lipinski definition) is 3. The smallest absolute Gasteiger partial charge is 0.308 e. The Labute approximate surface area is 104 Å². The van der Waals surface area contributed by atoms with Crippen molar-refractivity contribution in [3.8, 4) is 0 Å². The van der Waals surface area contributed by atoms with Gasteiger partial charge in [0.25, 0.3) is 0 Å². The Hall–Kier alpha value is -0.770. The Kier molecular flexibility index (Phi) is 5.06. The number of aliphatic hydroxyl groups excluding tert-OH is 1. The molecule has 0 spiro atoms. The summed E-state index contributed by atoms with van der Waals surface area (Å²) in [6.45, 7) is 1.98. The Balaban J connectivity index is 2.80. The molecular formula is C11H12Cl2O3. The van der Waals surface area contributed by atoms with Crippen molar-refractivity contribution in [3.63, 3.8) is 0 Å². The van der Waals surface area contributed by atoms with Gasteiger partial charge in [0, 0.05) is 15.6 Å². The molecule has 3 nitrogen and oxygen atoms in total. The Morgan fingerprint density at radius 3 is 2.50 bits per heavy atom. The molecule has 1 aromatic rings. The molecule has 88 valence electrons. The lowest BCUT2D eigenvalue weighted by Gasteiger charge is -2.13. The fourth-order valence-corrected chi connectivity index (χ4v) is 1.96. The SMILES string of the molecule is CCOC(=O)CC(O)c1c(Cl)cccc1Cl. The second kappa shape index (κ2) is 6.09. The first-order valence-electron chi connectivity index (χ1n) is 4.83. The fourth-order valence-electron chi connectivity index (χ4n) is 1.31. The molecule has 0 bridgehead atoms. The van der Waals surface area contributed by atoms with E-state index >= 15 is 0 Å². The first-order valence-corrected chi connectivity index (χ1v) is 5.59. The van der Waals surface area contributed by atoms with Gasteiger partial charge in [0.15, 0.2) is 0 Å². The van der Waals surface area contributed by atoms with Crippen LogP contribution < -0.4 is 0 Å². The largest absolute Gasteiger partial charge is 0.466 e. The van der Waals surface area contributed by atoms with E-state index in [0.717, 1.165) is 0 Å². The van der Waals surface area contributed by atoms with E-state index in [-0.39, 0.29) is 13.0 Å². The predicted molar refractivity (Wildman–Crippen MR) is 62.7 cm³/mol. The van der Waals surface area contributed by atoms with Crippen LogP contribution in [0.4, 0.5) is 0 Å². The van der Waals surface area contributed by atoms with Crippen LogP contribution in [0.2, 0.25) is 10.0 Å². The summed E-state index contributed by atoms with van der Waals surface area (Å²) in [5, 5.41) is 10.5. The Morgan fingerprint density at radius 2 is 2.00 bits per heavy atom. The van der Waals surface area contributed by atoms with Crippen molar-refractivity contribution in [2.45, 2.75) is 19.4 Å². The predicted octanol–water partition coefficient (Wildman–Crippen LogP) is 2.98. The summed E-state index contributed by atoms with van der Waals surface area (Å²) in [7, 11) is 0. The number of hydrogen-bond donors (Lipinski definition) is 1. The van der Waals surface area contributed by atoms with Crippen molar-refractivity contribution in [2.75, 3.05) is 6.61 Å². The highest BCUT2D eigenvalue weighted by atomic mass is 35.5. The lowest BCUT2D eigenvalue weighted by molar-refractivity contribution is -0.145. The van der Waals surface area contributed by atoms with Crippen LogP contribution in [0.3, 0.4) is 0 Å². The van der Waals surface area contributed by atoms with Crippen LogP contribution in [-0.2, 0) is 9.53 Å². The van der Waals surface area contributed by atoms with Gasteiger partial charge in [-0.15, -0.1) is 0 Å². The molecule has 0 aliphatic rings. The van der Waals surface area contributed by atoms with Crippen molar-refractivity contribution < 1.29 is 14.6 Å². The van der Waals surface area contributed by atoms with Crippen molar-refractivity contribution in [1.82, 2.24) is 0 Å². The molecule has 1 unspecified atom stereocenters. The average Bonchev–Trinajstić information content (AvgIpc) is 2.17. The summed E-state index contributed by atoms with van der Waals surface area (Å²) in [6, 6.07) is 4.89. The maximum Gasteiger partial charge on any atom is 0.308 e. The molecule has 0 saturated heterocycles. The van der Waals surface area contributed by atoms with Gasteiger partial charge in [0.2, 0.25) is 0 Å². The van der Waals surface area contributed by atoms with Crippen LogP contribution in [0, 0.1) is 0 Å². The first kappa shape index (κ1) is 13.3. The number of esters is 1. The van der Waals surface area contributed by atoms with E-state index in [1.54, 1.807) is 25.1 Å². The quantitative estimate of drug-likeness (QED) is 0.849. The average molecular weight is 263 g/mol. The molecule has 0 aliphatic heterocycles. The van der Waals surface area contributed by atoms with Gasteiger partial charge in [0.1, 0.15) is 0 Å². The highest BCUT2D eigenvalue weighted by Crippen LogP contribution is 2.31. The summed E-state index contributed by atoms with van der Waals surface area (Å²) in [5.74, 6) is -0.481. The minimum absolute atomic E-state index is 0.155. The Bertz CT molecular complexity index is 359. The molecule has 1 aromatic carbocycles. The van der Waals surface area contributed by atoms with Crippen molar-refractivity contribution >= 4 is 29.2 Å². The molecule has 0 heterocycles. The number of ether oxygens (including phenoxy) is 1. The van der Waals surface area contributed by atoms with Gasteiger partial charge < -0.3 is 9.84 Å². The highest BCUT2D eigenvalue weighted by molar-refractivity contribution is 6.36. The van der Waals surface area contributed by atoms with E-state index < -0.39 is 12.1 Å². The zero-order valence-corrected chi connectivity index (χ0v) is 10.3.